The van der Waals surface area contributed by atoms with Crippen molar-refractivity contribution in [3.8, 4) is 0 Å². The van der Waals surface area contributed by atoms with E-state index < -0.39 is 0 Å². The second-order valence-electron chi connectivity index (χ2n) is 5.38. The normalized spacial score (nSPS) is 26.0. The first kappa shape index (κ1) is 12.0. The van der Waals surface area contributed by atoms with Crippen LogP contribution in [-0.2, 0) is 0 Å². The van der Waals surface area contributed by atoms with E-state index >= 15 is 0 Å². The van der Waals surface area contributed by atoms with Gasteiger partial charge in [-0.1, -0.05) is 12.8 Å². The average molecular weight is 250 g/mol. The SMILES string of the molecule is C1CCCN(c2noc([C@H]3CCCNC3)n2)CC1. The van der Waals surface area contributed by atoms with Crippen LogP contribution in [0.25, 0.3) is 0 Å². The van der Waals surface area contributed by atoms with Gasteiger partial charge in [0.1, 0.15) is 0 Å². The molecule has 0 amide bonds. The molecule has 2 aliphatic heterocycles. The highest BCUT2D eigenvalue weighted by atomic mass is 16.5. The number of piperidine rings is 1. The van der Waals surface area contributed by atoms with Crippen molar-refractivity contribution in [1.29, 1.82) is 0 Å². The quantitative estimate of drug-likeness (QED) is 0.869. The van der Waals surface area contributed by atoms with Gasteiger partial charge in [-0.25, -0.2) is 0 Å². The maximum Gasteiger partial charge on any atom is 0.266 e. The Labute approximate surface area is 108 Å². The maximum absolute atomic E-state index is 5.46. The summed E-state index contributed by atoms with van der Waals surface area (Å²) in [5.74, 6) is 2.03. The molecule has 1 aromatic rings. The van der Waals surface area contributed by atoms with E-state index in [9.17, 15) is 0 Å². The summed E-state index contributed by atoms with van der Waals surface area (Å²) in [5, 5.41) is 7.56. The first-order chi connectivity index (χ1) is 8.93. The number of hydrogen-bond donors (Lipinski definition) is 1. The van der Waals surface area contributed by atoms with Crippen LogP contribution in [0.15, 0.2) is 4.52 Å². The van der Waals surface area contributed by atoms with E-state index in [4.69, 9.17) is 4.52 Å². The summed E-state index contributed by atoms with van der Waals surface area (Å²) >= 11 is 0. The third-order valence-corrected chi connectivity index (χ3v) is 3.97. The fourth-order valence-corrected chi connectivity index (χ4v) is 2.85. The highest BCUT2D eigenvalue weighted by Gasteiger charge is 2.23. The van der Waals surface area contributed by atoms with Crippen LogP contribution >= 0.6 is 0 Å². The predicted molar refractivity (Wildman–Crippen MR) is 69.8 cm³/mol. The van der Waals surface area contributed by atoms with Crippen LogP contribution in [0.5, 0.6) is 0 Å². The fourth-order valence-electron chi connectivity index (χ4n) is 2.85. The van der Waals surface area contributed by atoms with E-state index in [0.29, 0.717) is 5.92 Å². The molecule has 0 radical (unpaired) electrons. The zero-order valence-electron chi connectivity index (χ0n) is 10.9. The minimum Gasteiger partial charge on any atom is -0.338 e. The molecule has 0 bridgehead atoms. The van der Waals surface area contributed by atoms with E-state index in [1.165, 1.54) is 32.1 Å². The standard InChI is InChI=1S/C13H22N4O/c1-2-4-9-17(8-3-1)13-15-12(18-16-13)11-6-5-7-14-10-11/h11,14H,1-10H2/t11-/m0/s1. The third kappa shape index (κ3) is 2.66. The zero-order chi connectivity index (χ0) is 12.2. The van der Waals surface area contributed by atoms with E-state index in [0.717, 1.165) is 44.4 Å². The van der Waals surface area contributed by atoms with Crippen molar-refractivity contribution in [3.05, 3.63) is 5.89 Å². The summed E-state index contributed by atoms with van der Waals surface area (Å²) in [6.45, 7) is 4.23. The van der Waals surface area contributed by atoms with Gasteiger partial charge in [0, 0.05) is 19.6 Å². The Hall–Kier alpha value is -1.10. The Bertz CT molecular complexity index is 365. The molecule has 2 fully saturated rings. The van der Waals surface area contributed by atoms with Gasteiger partial charge in [0.25, 0.3) is 5.95 Å². The Morgan fingerprint density at radius 2 is 1.94 bits per heavy atom. The second kappa shape index (κ2) is 5.69. The Morgan fingerprint density at radius 3 is 2.67 bits per heavy atom. The molecule has 5 heteroatoms. The van der Waals surface area contributed by atoms with Crippen LogP contribution in [0.1, 0.15) is 50.3 Å². The highest BCUT2D eigenvalue weighted by molar-refractivity contribution is 5.28. The van der Waals surface area contributed by atoms with Crippen LogP contribution in [0.2, 0.25) is 0 Å². The molecule has 1 N–H and O–H groups in total. The lowest BCUT2D eigenvalue weighted by molar-refractivity contribution is 0.322. The van der Waals surface area contributed by atoms with Crippen LogP contribution in [0.3, 0.4) is 0 Å². The molecule has 3 rings (SSSR count). The summed E-state index contributed by atoms with van der Waals surface area (Å²) in [5.41, 5.74) is 0. The summed E-state index contributed by atoms with van der Waals surface area (Å²) in [7, 11) is 0. The first-order valence-corrected chi connectivity index (χ1v) is 7.23. The summed E-state index contributed by atoms with van der Waals surface area (Å²) in [4.78, 5) is 6.88. The molecule has 0 aliphatic carbocycles. The van der Waals surface area contributed by atoms with Crippen molar-refractivity contribution in [2.75, 3.05) is 31.1 Å². The van der Waals surface area contributed by atoms with Gasteiger partial charge < -0.3 is 14.7 Å². The van der Waals surface area contributed by atoms with E-state index in [-0.39, 0.29) is 0 Å². The monoisotopic (exact) mass is 250 g/mol. The Balaban J connectivity index is 1.67. The van der Waals surface area contributed by atoms with Gasteiger partial charge in [-0.15, -0.1) is 0 Å². The van der Waals surface area contributed by atoms with Gasteiger partial charge in [-0.05, 0) is 37.4 Å². The molecule has 0 aromatic carbocycles. The fraction of sp³-hybridized carbons (Fsp3) is 0.846. The molecule has 5 nitrogen and oxygen atoms in total. The Morgan fingerprint density at radius 1 is 1.11 bits per heavy atom. The molecular formula is C13H22N4O. The predicted octanol–water partition coefficient (Wildman–Crippen LogP) is 1.92. The van der Waals surface area contributed by atoms with Crippen LogP contribution in [0, 0.1) is 0 Å². The van der Waals surface area contributed by atoms with E-state index in [2.05, 4.69) is 20.4 Å². The van der Waals surface area contributed by atoms with Crippen LogP contribution in [0.4, 0.5) is 5.95 Å². The van der Waals surface area contributed by atoms with Crippen LogP contribution in [-0.4, -0.2) is 36.3 Å². The minimum atomic E-state index is 0.409. The van der Waals surface area contributed by atoms with Crippen molar-refractivity contribution in [2.24, 2.45) is 0 Å². The maximum atomic E-state index is 5.46. The number of hydrogen-bond acceptors (Lipinski definition) is 5. The largest absolute Gasteiger partial charge is 0.338 e. The lowest BCUT2D eigenvalue weighted by Crippen LogP contribution is -2.28. The van der Waals surface area contributed by atoms with Crippen molar-refractivity contribution < 1.29 is 4.52 Å². The molecule has 1 atom stereocenters. The number of aromatic nitrogens is 2. The molecular weight excluding hydrogens is 228 g/mol. The number of anilines is 1. The molecule has 100 valence electrons. The topological polar surface area (TPSA) is 54.2 Å². The summed E-state index contributed by atoms with van der Waals surface area (Å²) in [6, 6.07) is 0. The summed E-state index contributed by atoms with van der Waals surface area (Å²) in [6.07, 6.45) is 7.51. The van der Waals surface area contributed by atoms with E-state index in [1.54, 1.807) is 0 Å². The second-order valence-corrected chi connectivity index (χ2v) is 5.38. The van der Waals surface area contributed by atoms with Gasteiger partial charge in [0.15, 0.2) is 0 Å². The van der Waals surface area contributed by atoms with Crippen molar-refractivity contribution in [1.82, 2.24) is 15.5 Å². The molecule has 18 heavy (non-hydrogen) atoms. The molecule has 0 unspecified atom stereocenters. The molecule has 0 spiro atoms. The lowest BCUT2D eigenvalue weighted by Gasteiger charge is -2.19. The van der Waals surface area contributed by atoms with Crippen molar-refractivity contribution in [2.45, 2.75) is 44.4 Å². The number of rotatable bonds is 2. The van der Waals surface area contributed by atoms with Gasteiger partial charge in [0.05, 0.1) is 5.92 Å². The third-order valence-electron chi connectivity index (χ3n) is 3.97. The van der Waals surface area contributed by atoms with Gasteiger partial charge in [0.2, 0.25) is 5.89 Å². The number of nitrogens with one attached hydrogen (secondary N) is 1. The van der Waals surface area contributed by atoms with Gasteiger partial charge in [-0.3, -0.25) is 0 Å². The smallest absolute Gasteiger partial charge is 0.266 e. The first-order valence-electron chi connectivity index (χ1n) is 7.23. The van der Waals surface area contributed by atoms with Crippen molar-refractivity contribution >= 4 is 5.95 Å². The molecule has 2 aliphatic rings. The van der Waals surface area contributed by atoms with Gasteiger partial charge >= 0.3 is 0 Å². The molecule has 1 aromatic heterocycles. The lowest BCUT2D eigenvalue weighted by atomic mass is 10.00. The highest BCUT2D eigenvalue weighted by Crippen LogP contribution is 2.24. The molecule has 3 heterocycles. The number of nitrogens with zero attached hydrogens (tertiary/aromatic N) is 3. The molecule has 0 saturated carbocycles. The minimum absolute atomic E-state index is 0.409. The Kier molecular flexibility index (Phi) is 3.78. The van der Waals surface area contributed by atoms with Crippen LogP contribution < -0.4 is 10.2 Å². The zero-order valence-corrected chi connectivity index (χ0v) is 10.9. The average Bonchev–Trinajstić information content (AvgIpc) is 2.76. The molecule has 2 saturated heterocycles. The van der Waals surface area contributed by atoms with Crippen molar-refractivity contribution in [3.63, 3.8) is 0 Å². The van der Waals surface area contributed by atoms with E-state index in [1.807, 2.05) is 0 Å². The van der Waals surface area contributed by atoms with Gasteiger partial charge in [-0.2, -0.15) is 4.98 Å². The summed E-state index contributed by atoms with van der Waals surface area (Å²) < 4.78 is 5.46.